The second-order valence-electron chi connectivity index (χ2n) is 9.26. The first-order chi connectivity index (χ1) is 16.1. The van der Waals surface area contributed by atoms with Gasteiger partial charge in [-0.2, -0.15) is 0 Å². The van der Waals surface area contributed by atoms with Gasteiger partial charge in [0.2, 0.25) is 5.91 Å². The molecule has 5 rings (SSSR count). The molecule has 0 bridgehead atoms. The van der Waals surface area contributed by atoms with Crippen molar-refractivity contribution < 1.29 is 9.59 Å². The monoisotopic (exact) mass is 439 g/mol. The number of amides is 2. The van der Waals surface area contributed by atoms with Crippen LogP contribution in [0.3, 0.4) is 0 Å². The summed E-state index contributed by atoms with van der Waals surface area (Å²) in [6, 6.07) is 24.2. The molecule has 2 aliphatic rings. The lowest BCUT2D eigenvalue weighted by atomic mass is 9.79. The molecule has 1 aromatic heterocycles. The zero-order valence-electron chi connectivity index (χ0n) is 18.7. The van der Waals surface area contributed by atoms with E-state index in [-0.39, 0.29) is 17.7 Å². The summed E-state index contributed by atoms with van der Waals surface area (Å²) >= 11 is 0. The fourth-order valence-electron chi connectivity index (χ4n) is 5.38. The van der Waals surface area contributed by atoms with Crippen LogP contribution in [0, 0.1) is 0 Å². The lowest BCUT2D eigenvalue weighted by Crippen LogP contribution is -2.52. The molecule has 0 unspecified atom stereocenters. The quantitative estimate of drug-likeness (QED) is 0.658. The third-order valence-corrected chi connectivity index (χ3v) is 6.99. The van der Waals surface area contributed by atoms with Gasteiger partial charge in [0, 0.05) is 49.3 Å². The first kappa shape index (κ1) is 21.4. The van der Waals surface area contributed by atoms with E-state index in [0.29, 0.717) is 31.5 Å². The van der Waals surface area contributed by atoms with Gasteiger partial charge in [0.25, 0.3) is 5.91 Å². The fraction of sp³-hybridized carbons (Fsp3) is 0.321. The van der Waals surface area contributed by atoms with Gasteiger partial charge in [-0.15, -0.1) is 0 Å². The summed E-state index contributed by atoms with van der Waals surface area (Å²) in [5.74, 6) is 0.176. The van der Waals surface area contributed by atoms with E-state index >= 15 is 0 Å². The third-order valence-electron chi connectivity index (χ3n) is 6.99. The molecule has 2 saturated heterocycles. The lowest BCUT2D eigenvalue weighted by Gasteiger charge is -2.34. The van der Waals surface area contributed by atoms with Crippen molar-refractivity contribution in [1.29, 1.82) is 0 Å². The van der Waals surface area contributed by atoms with Gasteiger partial charge in [0.1, 0.15) is 0 Å². The Hall–Kier alpha value is -3.47. The van der Waals surface area contributed by atoms with Gasteiger partial charge in [-0.05, 0) is 36.1 Å². The summed E-state index contributed by atoms with van der Waals surface area (Å²) in [4.78, 5) is 32.6. The van der Waals surface area contributed by atoms with Crippen LogP contribution in [0.4, 0.5) is 0 Å². The number of hydrogen-bond donors (Lipinski definition) is 1. The Labute approximate surface area is 194 Å². The molecule has 0 radical (unpaired) electrons. The van der Waals surface area contributed by atoms with Crippen LogP contribution >= 0.6 is 0 Å². The number of nitrogens with zero attached hydrogens (tertiary/aromatic N) is 2. The molecule has 0 aliphatic carbocycles. The van der Waals surface area contributed by atoms with Gasteiger partial charge in [-0.3, -0.25) is 14.6 Å². The largest absolute Gasteiger partial charge is 0.348 e. The molecule has 2 aromatic carbocycles. The highest BCUT2D eigenvalue weighted by atomic mass is 16.2. The molecule has 5 nitrogen and oxygen atoms in total. The second-order valence-corrected chi connectivity index (χ2v) is 9.26. The minimum Gasteiger partial charge on any atom is -0.348 e. The average Bonchev–Trinajstić information content (AvgIpc) is 3.10. The Morgan fingerprint density at radius 3 is 2.58 bits per heavy atom. The van der Waals surface area contributed by atoms with Crippen LogP contribution in [-0.4, -0.2) is 40.3 Å². The molecule has 33 heavy (non-hydrogen) atoms. The van der Waals surface area contributed by atoms with E-state index in [0.717, 1.165) is 25.0 Å². The highest BCUT2D eigenvalue weighted by Crippen LogP contribution is 2.41. The van der Waals surface area contributed by atoms with Crippen LogP contribution in [0.5, 0.6) is 0 Å². The lowest BCUT2D eigenvalue weighted by molar-refractivity contribution is -0.122. The smallest absolute Gasteiger partial charge is 0.254 e. The zero-order valence-corrected chi connectivity index (χ0v) is 18.7. The predicted octanol–water partition coefficient (Wildman–Crippen LogP) is 4.34. The first-order valence-corrected chi connectivity index (χ1v) is 11.8. The molecule has 1 N–H and O–H groups in total. The number of aromatic nitrogens is 1. The van der Waals surface area contributed by atoms with E-state index in [1.807, 2.05) is 47.4 Å². The van der Waals surface area contributed by atoms with Gasteiger partial charge >= 0.3 is 0 Å². The number of hydrogen-bond acceptors (Lipinski definition) is 3. The van der Waals surface area contributed by atoms with Crippen LogP contribution in [0.25, 0.3) is 0 Å². The van der Waals surface area contributed by atoms with Gasteiger partial charge in [-0.1, -0.05) is 67.1 Å². The SMILES string of the molecule is O=C1CCCC[C@]2(CN(C(=O)c3ccnc(Cc4ccccc4)c3)C[C@H]2c2ccccc2)N1. The van der Waals surface area contributed by atoms with Crippen molar-refractivity contribution in [2.24, 2.45) is 0 Å². The predicted molar refractivity (Wildman–Crippen MR) is 128 cm³/mol. The van der Waals surface area contributed by atoms with E-state index < -0.39 is 5.54 Å². The molecule has 1 spiro atoms. The van der Waals surface area contributed by atoms with Crippen molar-refractivity contribution in [1.82, 2.24) is 15.2 Å². The van der Waals surface area contributed by atoms with E-state index in [1.54, 1.807) is 12.3 Å². The minimum absolute atomic E-state index is 0.00279. The van der Waals surface area contributed by atoms with Crippen molar-refractivity contribution in [3.05, 3.63) is 101 Å². The van der Waals surface area contributed by atoms with Crippen LogP contribution in [0.15, 0.2) is 79.0 Å². The highest BCUT2D eigenvalue weighted by Gasteiger charge is 2.49. The fourth-order valence-corrected chi connectivity index (χ4v) is 5.38. The number of benzene rings is 2. The summed E-state index contributed by atoms with van der Waals surface area (Å²) in [7, 11) is 0. The van der Waals surface area contributed by atoms with E-state index in [4.69, 9.17) is 0 Å². The Bertz CT molecular complexity index is 1130. The number of carbonyl (C=O) groups excluding carboxylic acids is 2. The Balaban J connectivity index is 1.42. The maximum absolute atomic E-state index is 13.6. The van der Waals surface area contributed by atoms with Crippen LogP contribution in [0.2, 0.25) is 0 Å². The molecule has 2 atom stereocenters. The zero-order chi connectivity index (χ0) is 22.7. The minimum atomic E-state index is -0.412. The molecule has 2 fully saturated rings. The second kappa shape index (κ2) is 9.18. The van der Waals surface area contributed by atoms with Crippen molar-refractivity contribution in [3.63, 3.8) is 0 Å². The maximum atomic E-state index is 13.6. The average molecular weight is 440 g/mol. The molecule has 0 saturated carbocycles. The van der Waals surface area contributed by atoms with Gasteiger partial charge < -0.3 is 10.2 Å². The van der Waals surface area contributed by atoms with Crippen molar-refractivity contribution in [2.75, 3.05) is 13.1 Å². The molecule has 3 heterocycles. The molecule has 2 amide bonds. The van der Waals surface area contributed by atoms with E-state index in [9.17, 15) is 9.59 Å². The van der Waals surface area contributed by atoms with Gasteiger partial charge in [-0.25, -0.2) is 0 Å². The van der Waals surface area contributed by atoms with Crippen LogP contribution < -0.4 is 5.32 Å². The summed E-state index contributed by atoms with van der Waals surface area (Å²) in [5, 5.41) is 3.34. The number of nitrogens with one attached hydrogen (secondary N) is 1. The topological polar surface area (TPSA) is 62.3 Å². The van der Waals surface area contributed by atoms with Gasteiger partial charge in [0.05, 0.1) is 5.54 Å². The van der Waals surface area contributed by atoms with Crippen molar-refractivity contribution >= 4 is 11.8 Å². The highest BCUT2D eigenvalue weighted by molar-refractivity contribution is 5.94. The molecular weight excluding hydrogens is 410 g/mol. The Morgan fingerprint density at radius 2 is 1.79 bits per heavy atom. The van der Waals surface area contributed by atoms with Crippen LogP contribution in [-0.2, 0) is 11.2 Å². The maximum Gasteiger partial charge on any atom is 0.254 e. The number of carbonyl (C=O) groups is 2. The Kier molecular flexibility index (Phi) is 5.95. The van der Waals surface area contributed by atoms with Crippen LogP contribution in [0.1, 0.15) is 58.8 Å². The first-order valence-electron chi connectivity index (χ1n) is 11.8. The van der Waals surface area contributed by atoms with E-state index in [1.165, 1.54) is 11.1 Å². The molecule has 5 heteroatoms. The molecule has 3 aromatic rings. The van der Waals surface area contributed by atoms with E-state index in [2.05, 4.69) is 34.6 Å². The molecular formula is C28H29N3O2. The number of pyridine rings is 1. The molecule has 2 aliphatic heterocycles. The van der Waals surface area contributed by atoms with Crippen molar-refractivity contribution in [2.45, 2.75) is 43.6 Å². The Morgan fingerprint density at radius 1 is 1.03 bits per heavy atom. The third kappa shape index (κ3) is 4.54. The summed E-state index contributed by atoms with van der Waals surface area (Å²) in [5.41, 5.74) is 3.46. The summed E-state index contributed by atoms with van der Waals surface area (Å²) in [6.45, 7) is 1.13. The van der Waals surface area contributed by atoms with Crippen molar-refractivity contribution in [3.8, 4) is 0 Å². The summed E-state index contributed by atoms with van der Waals surface area (Å²) in [6.07, 6.45) is 5.74. The molecule has 168 valence electrons. The summed E-state index contributed by atoms with van der Waals surface area (Å²) < 4.78 is 0. The number of likely N-dealkylation sites (tertiary alicyclic amines) is 1. The normalized spacial score (nSPS) is 22.7. The number of rotatable bonds is 4. The van der Waals surface area contributed by atoms with Gasteiger partial charge in [0.15, 0.2) is 0 Å². The standard InChI is InChI=1S/C28H29N3O2/c32-26-13-7-8-15-28(30-26)20-31(19-25(28)22-11-5-2-6-12-22)27(33)23-14-16-29-24(18-23)17-21-9-3-1-4-10-21/h1-6,9-12,14,16,18,25H,7-8,13,15,17,19-20H2,(H,30,32)/t25-,28+/m0/s1.